The van der Waals surface area contributed by atoms with Crippen molar-refractivity contribution in [2.75, 3.05) is 17.7 Å². The van der Waals surface area contributed by atoms with Crippen LogP contribution >= 0.6 is 11.6 Å². The largest absolute Gasteiger partial charge is 0.477 e. The van der Waals surface area contributed by atoms with Gasteiger partial charge in [-0.25, -0.2) is 14.6 Å². The molecular formula is C21H18ClF3N4O4. The van der Waals surface area contributed by atoms with E-state index in [1.807, 2.05) is 0 Å². The zero-order valence-electron chi connectivity index (χ0n) is 17.0. The zero-order valence-corrected chi connectivity index (χ0v) is 17.7. The molecular weight excluding hydrogens is 465 g/mol. The summed E-state index contributed by atoms with van der Waals surface area (Å²) in [4.78, 5) is 26.7. The van der Waals surface area contributed by atoms with E-state index in [0.717, 1.165) is 12.1 Å². The SMILES string of the molecule is CN.O=C(Nc1ccc(Oc2ccnc(C(=O)O)c2)cc1)Nc1ccc(Cl)c(C(F)(F)F)c1. The Labute approximate surface area is 191 Å². The lowest BCUT2D eigenvalue weighted by Crippen LogP contribution is -2.19. The van der Waals surface area contributed by atoms with Gasteiger partial charge in [0.05, 0.1) is 10.6 Å². The van der Waals surface area contributed by atoms with Crippen molar-refractivity contribution < 1.29 is 32.6 Å². The first-order valence-corrected chi connectivity index (χ1v) is 9.49. The Morgan fingerprint density at radius 3 is 2.18 bits per heavy atom. The number of carbonyl (C=O) groups is 2. The highest BCUT2D eigenvalue weighted by Crippen LogP contribution is 2.36. The summed E-state index contributed by atoms with van der Waals surface area (Å²) in [5.41, 5.74) is 3.52. The van der Waals surface area contributed by atoms with Crippen molar-refractivity contribution in [1.82, 2.24) is 4.98 Å². The Bertz CT molecular complexity index is 1130. The summed E-state index contributed by atoms with van der Waals surface area (Å²) in [6, 6.07) is 11.0. The van der Waals surface area contributed by atoms with E-state index in [0.29, 0.717) is 11.4 Å². The molecule has 1 aromatic heterocycles. The molecule has 3 rings (SSSR count). The fourth-order valence-corrected chi connectivity index (χ4v) is 2.67. The summed E-state index contributed by atoms with van der Waals surface area (Å²) in [5, 5.41) is 13.2. The average molecular weight is 483 g/mol. The fraction of sp³-hybridized carbons (Fsp3) is 0.0952. The number of ether oxygens (including phenoxy) is 1. The van der Waals surface area contributed by atoms with Crippen molar-refractivity contribution >= 4 is 35.0 Å². The lowest BCUT2D eigenvalue weighted by atomic mass is 10.2. The van der Waals surface area contributed by atoms with Crippen LogP contribution in [-0.4, -0.2) is 29.1 Å². The average Bonchev–Trinajstić information content (AvgIpc) is 2.77. The van der Waals surface area contributed by atoms with E-state index in [1.54, 1.807) is 0 Å². The van der Waals surface area contributed by atoms with Gasteiger partial charge >= 0.3 is 18.2 Å². The highest BCUT2D eigenvalue weighted by atomic mass is 35.5. The number of rotatable bonds is 5. The molecule has 1 heterocycles. The second-order valence-corrected chi connectivity index (χ2v) is 6.49. The molecule has 5 N–H and O–H groups in total. The summed E-state index contributed by atoms with van der Waals surface area (Å²) in [7, 11) is 1.50. The van der Waals surface area contributed by atoms with Crippen LogP contribution in [0.25, 0.3) is 0 Å². The highest BCUT2D eigenvalue weighted by molar-refractivity contribution is 6.31. The number of aromatic carboxylic acids is 1. The third-order valence-corrected chi connectivity index (χ3v) is 4.16. The van der Waals surface area contributed by atoms with Crippen molar-refractivity contribution in [3.63, 3.8) is 0 Å². The molecule has 0 aliphatic rings. The standard InChI is InChI=1S/C20H13ClF3N3O4.CH5N/c21-16-6-3-12(9-15(16)20(22,23)24)27-19(30)26-11-1-4-13(5-2-11)31-14-7-8-25-17(10-14)18(28)29;1-2/h1-10H,(H,28,29)(H2,26,27,30);2H2,1H3. The van der Waals surface area contributed by atoms with Gasteiger partial charge in [-0.15, -0.1) is 0 Å². The number of nitrogens with zero attached hydrogens (tertiary/aromatic N) is 1. The number of aromatic nitrogens is 1. The normalized spacial score (nSPS) is 10.5. The van der Waals surface area contributed by atoms with E-state index in [-0.39, 0.29) is 17.1 Å². The number of amides is 2. The van der Waals surface area contributed by atoms with E-state index in [1.165, 1.54) is 55.7 Å². The van der Waals surface area contributed by atoms with Crippen LogP contribution < -0.4 is 21.1 Å². The van der Waals surface area contributed by atoms with Crippen molar-refractivity contribution in [3.8, 4) is 11.5 Å². The Morgan fingerprint density at radius 2 is 1.58 bits per heavy atom. The van der Waals surface area contributed by atoms with Gasteiger partial charge in [0, 0.05) is 23.6 Å². The number of benzene rings is 2. The molecule has 8 nitrogen and oxygen atoms in total. The molecule has 12 heteroatoms. The summed E-state index contributed by atoms with van der Waals surface area (Å²) in [6.45, 7) is 0. The molecule has 0 saturated heterocycles. The molecule has 0 saturated carbocycles. The van der Waals surface area contributed by atoms with Crippen LogP contribution in [0.2, 0.25) is 5.02 Å². The minimum atomic E-state index is -4.65. The lowest BCUT2D eigenvalue weighted by molar-refractivity contribution is -0.137. The molecule has 2 amide bonds. The van der Waals surface area contributed by atoms with E-state index in [9.17, 15) is 22.8 Å². The maximum Gasteiger partial charge on any atom is 0.417 e. The molecule has 2 aromatic carbocycles. The zero-order chi connectivity index (χ0) is 24.6. The first-order valence-electron chi connectivity index (χ1n) is 9.11. The molecule has 0 aliphatic heterocycles. The number of carbonyl (C=O) groups excluding carboxylic acids is 1. The molecule has 0 atom stereocenters. The second-order valence-electron chi connectivity index (χ2n) is 6.08. The summed E-state index contributed by atoms with van der Waals surface area (Å²) in [5.74, 6) is -0.575. The summed E-state index contributed by atoms with van der Waals surface area (Å²) < 4.78 is 44.3. The van der Waals surface area contributed by atoms with Gasteiger partial charge in [-0.2, -0.15) is 13.2 Å². The van der Waals surface area contributed by atoms with Crippen molar-refractivity contribution in [1.29, 1.82) is 0 Å². The van der Waals surface area contributed by atoms with Gasteiger partial charge in [0.25, 0.3) is 0 Å². The monoisotopic (exact) mass is 482 g/mol. The number of alkyl halides is 3. The number of hydrogen-bond acceptors (Lipinski definition) is 5. The number of pyridine rings is 1. The van der Waals surface area contributed by atoms with Gasteiger partial charge < -0.3 is 26.2 Å². The van der Waals surface area contributed by atoms with Crippen molar-refractivity contribution in [2.24, 2.45) is 5.73 Å². The Hall–Kier alpha value is -3.83. The molecule has 0 fully saturated rings. The Kier molecular flexibility index (Phi) is 8.60. The minimum absolute atomic E-state index is 0.0823. The second kappa shape index (κ2) is 11.2. The van der Waals surface area contributed by atoms with Gasteiger partial charge in [-0.05, 0) is 55.6 Å². The number of hydrogen-bond donors (Lipinski definition) is 4. The number of carboxylic acid groups (broad SMARTS) is 1. The number of carboxylic acids is 1. The maximum absolute atomic E-state index is 12.9. The minimum Gasteiger partial charge on any atom is -0.477 e. The first-order chi connectivity index (χ1) is 15.6. The maximum atomic E-state index is 12.9. The third kappa shape index (κ3) is 7.37. The van der Waals surface area contributed by atoms with Crippen molar-refractivity contribution in [3.05, 3.63) is 77.1 Å². The Balaban J connectivity index is 0.00000187. The van der Waals surface area contributed by atoms with Crippen LogP contribution in [0.3, 0.4) is 0 Å². The van der Waals surface area contributed by atoms with E-state index in [4.69, 9.17) is 21.4 Å². The summed E-state index contributed by atoms with van der Waals surface area (Å²) in [6.07, 6.45) is -3.36. The topological polar surface area (TPSA) is 127 Å². The highest BCUT2D eigenvalue weighted by Gasteiger charge is 2.33. The molecule has 3 aromatic rings. The van der Waals surface area contributed by atoms with Crippen LogP contribution in [-0.2, 0) is 6.18 Å². The van der Waals surface area contributed by atoms with E-state index in [2.05, 4.69) is 21.4 Å². The number of nitrogens with two attached hydrogens (primary N) is 1. The van der Waals surface area contributed by atoms with E-state index >= 15 is 0 Å². The Morgan fingerprint density at radius 1 is 0.970 bits per heavy atom. The van der Waals surface area contributed by atoms with Gasteiger partial charge in [0.1, 0.15) is 11.5 Å². The molecule has 0 spiro atoms. The van der Waals surface area contributed by atoms with Crippen molar-refractivity contribution in [2.45, 2.75) is 6.18 Å². The number of nitrogens with one attached hydrogen (secondary N) is 2. The fourth-order valence-electron chi connectivity index (χ4n) is 2.45. The predicted octanol–water partition coefficient (Wildman–Crippen LogP) is 5.46. The molecule has 0 bridgehead atoms. The molecule has 174 valence electrons. The van der Waals surface area contributed by atoms with Crippen LogP contribution in [0.5, 0.6) is 11.5 Å². The van der Waals surface area contributed by atoms with Crippen LogP contribution in [0.15, 0.2) is 60.8 Å². The van der Waals surface area contributed by atoms with E-state index < -0.39 is 28.8 Å². The number of urea groups is 1. The van der Waals surface area contributed by atoms with Gasteiger partial charge in [-0.1, -0.05) is 11.6 Å². The molecule has 33 heavy (non-hydrogen) atoms. The van der Waals surface area contributed by atoms with Crippen LogP contribution in [0.1, 0.15) is 16.1 Å². The van der Waals surface area contributed by atoms with Gasteiger partial charge in [-0.3, -0.25) is 0 Å². The lowest BCUT2D eigenvalue weighted by Gasteiger charge is -2.12. The number of anilines is 2. The quantitative estimate of drug-likeness (QED) is 0.382. The molecule has 0 aliphatic carbocycles. The third-order valence-electron chi connectivity index (χ3n) is 3.83. The van der Waals surface area contributed by atoms with Crippen LogP contribution in [0, 0.1) is 0 Å². The molecule has 0 unspecified atom stereocenters. The first kappa shape index (κ1) is 25.4. The van der Waals surface area contributed by atoms with Gasteiger partial charge in [0.2, 0.25) is 0 Å². The summed E-state index contributed by atoms with van der Waals surface area (Å²) >= 11 is 5.55. The van der Waals surface area contributed by atoms with Crippen LogP contribution in [0.4, 0.5) is 29.3 Å². The smallest absolute Gasteiger partial charge is 0.417 e. The predicted molar refractivity (Wildman–Crippen MR) is 117 cm³/mol. The number of halogens is 4. The van der Waals surface area contributed by atoms with Gasteiger partial charge in [0.15, 0.2) is 5.69 Å². The molecule has 0 radical (unpaired) electrons.